The van der Waals surface area contributed by atoms with Gasteiger partial charge in [0.1, 0.15) is 23.4 Å². The maximum atomic E-state index is 13.1. The van der Waals surface area contributed by atoms with Crippen LogP contribution in [0.2, 0.25) is 5.15 Å². The van der Waals surface area contributed by atoms with Crippen molar-refractivity contribution in [3.05, 3.63) is 82.4 Å². The van der Waals surface area contributed by atoms with Crippen LogP contribution in [0, 0.1) is 18.6 Å². The number of hydrogen-bond acceptors (Lipinski definition) is 4. The minimum Gasteiger partial charge on any atom is -0.458 e. The van der Waals surface area contributed by atoms with E-state index in [1.807, 2.05) is 0 Å². The summed E-state index contributed by atoms with van der Waals surface area (Å²) in [6.07, 6.45) is 5.16. The van der Waals surface area contributed by atoms with Crippen molar-refractivity contribution in [1.29, 1.82) is 0 Å². The van der Waals surface area contributed by atoms with Gasteiger partial charge < -0.3 is 4.74 Å². The lowest BCUT2D eigenvalue weighted by Crippen LogP contribution is -2.01. The van der Waals surface area contributed by atoms with Gasteiger partial charge in [-0.2, -0.15) is 5.10 Å². The SMILES string of the molecule is Cc1nn(-c2ccc(F)cc2)c(Cl)c1/C=C/C(=O)OCc1cncc(F)c1. The number of rotatable bonds is 5. The molecular formula is C19H14ClF2N3O2. The van der Waals surface area contributed by atoms with Crippen LogP contribution in [-0.4, -0.2) is 20.7 Å². The van der Waals surface area contributed by atoms with Crippen LogP contribution in [0.3, 0.4) is 0 Å². The van der Waals surface area contributed by atoms with Crippen molar-refractivity contribution >= 4 is 23.6 Å². The van der Waals surface area contributed by atoms with Crippen molar-refractivity contribution in [2.75, 3.05) is 0 Å². The van der Waals surface area contributed by atoms with E-state index in [-0.39, 0.29) is 17.6 Å². The van der Waals surface area contributed by atoms with Crippen molar-refractivity contribution < 1.29 is 18.3 Å². The zero-order chi connectivity index (χ0) is 19.4. The molecule has 0 saturated carbocycles. The van der Waals surface area contributed by atoms with Crippen molar-refractivity contribution in [2.24, 2.45) is 0 Å². The maximum Gasteiger partial charge on any atom is 0.331 e. The molecule has 2 heterocycles. The fourth-order valence-corrected chi connectivity index (χ4v) is 2.68. The van der Waals surface area contributed by atoms with Gasteiger partial charge in [0.05, 0.1) is 17.6 Å². The minimum atomic E-state index is -0.621. The summed E-state index contributed by atoms with van der Waals surface area (Å²) in [4.78, 5) is 15.6. The Bertz CT molecular complexity index is 1000. The highest BCUT2D eigenvalue weighted by molar-refractivity contribution is 6.31. The molecule has 0 radical (unpaired) electrons. The standard InChI is InChI=1S/C19H14ClF2N3O2/c1-12-17(19(20)25(24-12)16-4-2-14(21)3-5-16)6-7-18(26)27-11-13-8-15(22)10-23-9-13/h2-10H,11H2,1H3/b7-6+. The predicted molar refractivity (Wildman–Crippen MR) is 96.3 cm³/mol. The molecule has 27 heavy (non-hydrogen) atoms. The zero-order valence-corrected chi connectivity index (χ0v) is 15.0. The minimum absolute atomic E-state index is 0.102. The Morgan fingerprint density at radius 3 is 2.67 bits per heavy atom. The lowest BCUT2D eigenvalue weighted by atomic mass is 10.2. The van der Waals surface area contributed by atoms with E-state index >= 15 is 0 Å². The van der Waals surface area contributed by atoms with Crippen molar-refractivity contribution in [3.63, 3.8) is 0 Å². The van der Waals surface area contributed by atoms with Crippen molar-refractivity contribution in [1.82, 2.24) is 14.8 Å². The number of hydrogen-bond donors (Lipinski definition) is 0. The monoisotopic (exact) mass is 389 g/mol. The van der Waals surface area contributed by atoms with Gasteiger partial charge in [0, 0.05) is 23.4 Å². The number of pyridine rings is 1. The lowest BCUT2D eigenvalue weighted by Gasteiger charge is -2.03. The zero-order valence-electron chi connectivity index (χ0n) is 14.2. The summed E-state index contributed by atoms with van der Waals surface area (Å²) in [6.45, 7) is 1.63. The highest BCUT2D eigenvalue weighted by Crippen LogP contribution is 2.25. The van der Waals surface area contributed by atoms with E-state index in [1.54, 1.807) is 19.1 Å². The summed E-state index contributed by atoms with van der Waals surface area (Å²) < 4.78 is 32.6. The first kappa shape index (κ1) is 18.7. The molecule has 3 aromatic rings. The molecule has 1 aromatic carbocycles. The van der Waals surface area contributed by atoms with Crippen LogP contribution < -0.4 is 0 Å². The topological polar surface area (TPSA) is 57.0 Å². The molecule has 0 unspecified atom stereocenters. The van der Waals surface area contributed by atoms with Crippen LogP contribution in [-0.2, 0) is 16.1 Å². The summed E-state index contributed by atoms with van der Waals surface area (Å²) in [5, 5.41) is 4.58. The second kappa shape index (κ2) is 8.09. The van der Waals surface area contributed by atoms with Gasteiger partial charge in [-0.25, -0.2) is 18.3 Å². The Labute approximate surface area is 158 Å². The van der Waals surface area contributed by atoms with E-state index in [1.165, 1.54) is 41.2 Å². The van der Waals surface area contributed by atoms with Crippen LogP contribution in [0.1, 0.15) is 16.8 Å². The second-order valence-electron chi connectivity index (χ2n) is 5.63. The van der Waals surface area contributed by atoms with Gasteiger partial charge in [0.25, 0.3) is 0 Å². The molecule has 0 N–H and O–H groups in total. The Balaban J connectivity index is 1.71. The Morgan fingerprint density at radius 2 is 1.96 bits per heavy atom. The highest BCUT2D eigenvalue weighted by Gasteiger charge is 2.13. The van der Waals surface area contributed by atoms with Crippen LogP contribution in [0.5, 0.6) is 0 Å². The summed E-state index contributed by atoms with van der Waals surface area (Å²) >= 11 is 6.33. The third kappa shape index (κ3) is 4.57. The molecule has 0 saturated heterocycles. The molecule has 0 aliphatic carbocycles. The van der Waals surface area contributed by atoms with Crippen molar-refractivity contribution in [3.8, 4) is 5.69 Å². The molecule has 0 aliphatic heterocycles. The third-order valence-corrected chi connectivity index (χ3v) is 4.01. The van der Waals surface area contributed by atoms with Crippen molar-refractivity contribution in [2.45, 2.75) is 13.5 Å². The summed E-state index contributed by atoms with van der Waals surface area (Å²) in [6, 6.07) is 6.93. The van der Waals surface area contributed by atoms with E-state index in [0.29, 0.717) is 22.5 Å². The Morgan fingerprint density at radius 1 is 1.22 bits per heavy atom. The lowest BCUT2D eigenvalue weighted by molar-refractivity contribution is -0.138. The Hall–Kier alpha value is -3.06. The number of nitrogens with zero attached hydrogens (tertiary/aromatic N) is 3. The first-order valence-electron chi connectivity index (χ1n) is 7.89. The number of esters is 1. The molecule has 0 amide bonds. The number of carbonyl (C=O) groups is 1. The molecule has 0 fully saturated rings. The number of aromatic nitrogens is 3. The van der Waals surface area contributed by atoms with Gasteiger partial charge >= 0.3 is 5.97 Å². The normalized spacial score (nSPS) is 11.1. The van der Waals surface area contributed by atoms with Crippen LogP contribution in [0.15, 0.2) is 48.8 Å². The summed E-state index contributed by atoms with van der Waals surface area (Å²) in [5.41, 5.74) is 2.15. The maximum absolute atomic E-state index is 13.1. The first-order valence-corrected chi connectivity index (χ1v) is 8.27. The number of benzene rings is 1. The van der Waals surface area contributed by atoms with E-state index in [4.69, 9.17) is 16.3 Å². The molecular weight excluding hydrogens is 376 g/mol. The van der Waals surface area contributed by atoms with Gasteiger partial charge in [-0.1, -0.05) is 11.6 Å². The van der Waals surface area contributed by atoms with Gasteiger partial charge in [-0.05, 0) is 43.3 Å². The molecule has 0 bridgehead atoms. The molecule has 2 aromatic heterocycles. The smallest absolute Gasteiger partial charge is 0.331 e. The van der Waals surface area contributed by atoms with Crippen LogP contribution in [0.4, 0.5) is 8.78 Å². The molecule has 0 aliphatic rings. The number of carbonyl (C=O) groups excluding carboxylic acids is 1. The van der Waals surface area contributed by atoms with Gasteiger partial charge in [0.2, 0.25) is 0 Å². The molecule has 0 spiro atoms. The average molecular weight is 390 g/mol. The van der Waals surface area contributed by atoms with Gasteiger partial charge in [-0.3, -0.25) is 4.98 Å². The molecule has 5 nitrogen and oxygen atoms in total. The Kier molecular flexibility index (Phi) is 5.61. The fourth-order valence-electron chi connectivity index (χ4n) is 2.34. The summed E-state index contributed by atoms with van der Waals surface area (Å²) in [5.74, 6) is -1.49. The van der Waals surface area contributed by atoms with Gasteiger partial charge in [0.15, 0.2) is 0 Å². The number of ether oxygens (including phenoxy) is 1. The predicted octanol–water partition coefficient (Wildman–Crippen LogP) is 4.26. The van der Waals surface area contributed by atoms with E-state index in [2.05, 4.69) is 10.1 Å². The fraction of sp³-hybridized carbons (Fsp3) is 0.105. The molecule has 0 atom stereocenters. The van der Waals surface area contributed by atoms with E-state index in [9.17, 15) is 13.6 Å². The second-order valence-corrected chi connectivity index (χ2v) is 5.99. The first-order chi connectivity index (χ1) is 12.9. The number of aryl methyl sites for hydroxylation is 1. The average Bonchev–Trinajstić information content (AvgIpc) is 2.93. The molecule has 138 valence electrons. The third-order valence-electron chi connectivity index (χ3n) is 3.65. The van der Waals surface area contributed by atoms with Crippen LogP contribution in [0.25, 0.3) is 11.8 Å². The quantitative estimate of drug-likeness (QED) is 0.483. The van der Waals surface area contributed by atoms with E-state index in [0.717, 1.165) is 6.20 Å². The largest absolute Gasteiger partial charge is 0.458 e. The molecule has 3 rings (SSSR count). The molecule has 8 heteroatoms. The number of halogens is 3. The van der Waals surface area contributed by atoms with Crippen LogP contribution >= 0.6 is 11.6 Å². The highest BCUT2D eigenvalue weighted by atomic mass is 35.5. The van der Waals surface area contributed by atoms with E-state index < -0.39 is 11.8 Å². The summed E-state index contributed by atoms with van der Waals surface area (Å²) in [7, 11) is 0. The van der Waals surface area contributed by atoms with Gasteiger partial charge in [-0.15, -0.1) is 0 Å².